The molecule has 1 aliphatic heterocycles. The lowest BCUT2D eigenvalue weighted by Crippen LogP contribution is -2.36. The van der Waals surface area contributed by atoms with Crippen LogP contribution < -0.4 is 10.2 Å². The fraction of sp³-hybridized carbons (Fsp3) is 0.350. The zero-order valence-corrected chi connectivity index (χ0v) is 15.2. The number of morpholine rings is 1. The van der Waals surface area contributed by atoms with Crippen LogP contribution in [0.4, 0.5) is 24.5 Å². The van der Waals surface area contributed by atoms with E-state index in [1.807, 2.05) is 24.8 Å². The minimum Gasteiger partial charge on any atom is -0.378 e. The van der Waals surface area contributed by atoms with Crippen molar-refractivity contribution in [2.75, 3.05) is 36.5 Å². The van der Waals surface area contributed by atoms with E-state index in [4.69, 9.17) is 4.74 Å². The lowest BCUT2D eigenvalue weighted by molar-refractivity contribution is -0.137. The number of carbonyl (C=O) groups is 1. The lowest BCUT2D eigenvalue weighted by atomic mass is 10.1. The standard InChI is InChI=1S/C20H21F3N2O2/c1-13-3-4-15(11-14(13)2)19(26)24-17-12-16(20(21,22)23)5-6-18(17)25-7-9-27-10-8-25/h3-6,11-12H,7-10H2,1-2H3,(H,24,26). The fourth-order valence-corrected chi connectivity index (χ4v) is 2.97. The number of halogens is 3. The first-order valence-electron chi connectivity index (χ1n) is 8.68. The number of benzene rings is 2. The largest absolute Gasteiger partial charge is 0.416 e. The summed E-state index contributed by atoms with van der Waals surface area (Å²) in [7, 11) is 0. The van der Waals surface area contributed by atoms with E-state index in [2.05, 4.69) is 5.32 Å². The van der Waals surface area contributed by atoms with Crippen LogP contribution in [0.3, 0.4) is 0 Å². The molecule has 1 heterocycles. The molecule has 1 N–H and O–H groups in total. The Morgan fingerprint density at radius 2 is 1.74 bits per heavy atom. The van der Waals surface area contributed by atoms with Gasteiger partial charge in [0.2, 0.25) is 0 Å². The molecule has 0 bridgehead atoms. The first-order valence-corrected chi connectivity index (χ1v) is 8.68. The molecule has 27 heavy (non-hydrogen) atoms. The van der Waals surface area contributed by atoms with E-state index < -0.39 is 17.6 Å². The number of anilines is 2. The minimum atomic E-state index is -4.48. The van der Waals surface area contributed by atoms with Gasteiger partial charge in [0, 0.05) is 18.7 Å². The van der Waals surface area contributed by atoms with Gasteiger partial charge in [-0.25, -0.2) is 0 Å². The third-order valence-electron chi connectivity index (χ3n) is 4.69. The van der Waals surface area contributed by atoms with Gasteiger partial charge in [-0.3, -0.25) is 4.79 Å². The number of nitrogens with zero attached hydrogens (tertiary/aromatic N) is 1. The molecule has 1 fully saturated rings. The summed E-state index contributed by atoms with van der Waals surface area (Å²) in [6.07, 6.45) is -4.48. The zero-order valence-electron chi connectivity index (χ0n) is 15.2. The van der Waals surface area contributed by atoms with E-state index in [9.17, 15) is 18.0 Å². The van der Waals surface area contributed by atoms with Gasteiger partial charge in [-0.1, -0.05) is 6.07 Å². The van der Waals surface area contributed by atoms with Crippen molar-refractivity contribution in [1.82, 2.24) is 0 Å². The van der Waals surface area contributed by atoms with Crippen LogP contribution in [-0.4, -0.2) is 32.2 Å². The molecule has 0 saturated carbocycles. The normalized spacial score (nSPS) is 14.9. The molecule has 3 rings (SSSR count). The predicted molar refractivity (Wildman–Crippen MR) is 98.3 cm³/mol. The Labute approximate surface area is 155 Å². The Balaban J connectivity index is 1.94. The van der Waals surface area contributed by atoms with E-state index in [0.717, 1.165) is 23.3 Å². The lowest BCUT2D eigenvalue weighted by Gasteiger charge is -2.31. The Hall–Kier alpha value is -2.54. The molecule has 2 aromatic carbocycles. The fourth-order valence-electron chi connectivity index (χ4n) is 2.97. The molecule has 0 aliphatic carbocycles. The number of hydrogen-bond donors (Lipinski definition) is 1. The highest BCUT2D eigenvalue weighted by Gasteiger charge is 2.32. The van der Waals surface area contributed by atoms with Crippen LogP contribution in [0.25, 0.3) is 0 Å². The number of ether oxygens (including phenoxy) is 1. The Bertz CT molecular complexity index is 844. The van der Waals surface area contributed by atoms with E-state index in [1.165, 1.54) is 6.07 Å². The highest BCUT2D eigenvalue weighted by atomic mass is 19.4. The number of nitrogens with one attached hydrogen (secondary N) is 1. The minimum absolute atomic E-state index is 0.148. The van der Waals surface area contributed by atoms with Crippen LogP contribution in [-0.2, 0) is 10.9 Å². The number of carbonyl (C=O) groups excluding carboxylic acids is 1. The molecule has 0 atom stereocenters. The first-order chi connectivity index (χ1) is 12.8. The molecule has 0 radical (unpaired) electrons. The number of amides is 1. The molecular weight excluding hydrogens is 357 g/mol. The highest BCUT2D eigenvalue weighted by molar-refractivity contribution is 6.06. The maximum Gasteiger partial charge on any atom is 0.416 e. The molecule has 2 aromatic rings. The van der Waals surface area contributed by atoms with Crippen molar-refractivity contribution in [2.24, 2.45) is 0 Å². The van der Waals surface area contributed by atoms with Crippen LogP contribution in [0, 0.1) is 13.8 Å². The van der Waals surface area contributed by atoms with Crippen molar-refractivity contribution < 1.29 is 22.7 Å². The quantitative estimate of drug-likeness (QED) is 0.860. The molecular formula is C20H21F3N2O2. The van der Waals surface area contributed by atoms with Gasteiger partial charge < -0.3 is 15.0 Å². The molecule has 4 nitrogen and oxygen atoms in total. The van der Waals surface area contributed by atoms with Gasteiger partial charge in [-0.2, -0.15) is 13.2 Å². The van der Waals surface area contributed by atoms with Crippen molar-refractivity contribution in [3.8, 4) is 0 Å². The van der Waals surface area contributed by atoms with Crippen LogP contribution in [0.1, 0.15) is 27.0 Å². The van der Waals surface area contributed by atoms with E-state index in [0.29, 0.717) is 37.6 Å². The molecule has 144 valence electrons. The highest BCUT2D eigenvalue weighted by Crippen LogP contribution is 2.36. The summed E-state index contributed by atoms with van der Waals surface area (Å²) < 4.78 is 44.8. The molecule has 7 heteroatoms. The van der Waals surface area contributed by atoms with Crippen molar-refractivity contribution >= 4 is 17.3 Å². The molecule has 0 unspecified atom stereocenters. The van der Waals surface area contributed by atoms with Gasteiger partial charge in [0.15, 0.2) is 0 Å². The summed E-state index contributed by atoms with van der Waals surface area (Å²) >= 11 is 0. The van der Waals surface area contributed by atoms with Crippen LogP contribution in [0.15, 0.2) is 36.4 Å². The molecule has 1 aliphatic rings. The molecule has 0 spiro atoms. The smallest absolute Gasteiger partial charge is 0.378 e. The number of rotatable bonds is 3. The van der Waals surface area contributed by atoms with E-state index >= 15 is 0 Å². The van der Waals surface area contributed by atoms with E-state index in [-0.39, 0.29) is 5.69 Å². The number of alkyl halides is 3. The van der Waals surface area contributed by atoms with Crippen molar-refractivity contribution in [3.05, 3.63) is 58.7 Å². The summed E-state index contributed by atoms with van der Waals surface area (Å²) in [6.45, 7) is 5.91. The average molecular weight is 378 g/mol. The van der Waals surface area contributed by atoms with Crippen LogP contribution in [0.2, 0.25) is 0 Å². The Morgan fingerprint density at radius 3 is 2.37 bits per heavy atom. The monoisotopic (exact) mass is 378 g/mol. The zero-order chi connectivity index (χ0) is 19.6. The molecule has 0 aromatic heterocycles. The number of aryl methyl sites for hydroxylation is 2. The summed E-state index contributed by atoms with van der Waals surface area (Å²) in [5, 5.41) is 2.66. The van der Waals surface area contributed by atoms with Crippen LogP contribution >= 0.6 is 0 Å². The Morgan fingerprint density at radius 1 is 1.04 bits per heavy atom. The van der Waals surface area contributed by atoms with Gasteiger partial charge in [-0.05, 0) is 55.3 Å². The second-order valence-electron chi connectivity index (χ2n) is 6.58. The van der Waals surface area contributed by atoms with Crippen LogP contribution in [0.5, 0.6) is 0 Å². The summed E-state index contributed by atoms with van der Waals surface area (Å²) in [5.74, 6) is -0.438. The Kier molecular flexibility index (Phi) is 5.41. The topological polar surface area (TPSA) is 41.6 Å². The third kappa shape index (κ3) is 4.42. The second kappa shape index (κ2) is 7.60. The summed E-state index contributed by atoms with van der Waals surface area (Å²) in [5.41, 5.74) is 2.30. The SMILES string of the molecule is Cc1ccc(C(=O)Nc2cc(C(F)(F)F)ccc2N2CCOCC2)cc1C. The summed E-state index contributed by atoms with van der Waals surface area (Å²) in [6, 6.07) is 8.65. The van der Waals surface area contributed by atoms with Gasteiger partial charge in [-0.15, -0.1) is 0 Å². The maximum atomic E-state index is 13.2. The van der Waals surface area contributed by atoms with Crippen molar-refractivity contribution in [2.45, 2.75) is 20.0 Å². The third-order valence-corrected chi connectivity index (χ3v) is 4.69. The van der Waals surface area contributed by atoms with Gasteiger partial charge in [0.1, 0.15) is 0 Å². The second-order valence-corrected chi connectivity index (χ2v) is 6.58. The predicted octanol–water partition coefficient (Wildman–Crippen LogP) is 4.41. The molecule has 1 amide bonds. The van der Waals surface area contributed by atoms with E-state index in [1.54, 1.807) is 12.1 Å². The number of hydrogen-bond acceptors (Lipinski definition) is 3. The molecule has 1 saturated heterocycles. The van der Waals surface area contributed by atoms with Gasteiger partial charge in [0.25, 0.3) is 5.91 Å². The summed E-state index contributed by atoms with van der Waals surface area (Å²) in [4.78, 5) is 14.6. The van der Waals surface area contributed by atoms with Gasteiger partial charge in [0.05, 0.1) is 30.2 Å². The van der Waals surface area contributed by atoms with Gasteiger partial charge >= 0.3 is 6.18 Å². The van der Waals surface area contributed by atoms with Crippen molar-refractivity contribution in [3.63, 3.8) is 0 Å². The first kappa shape index (κ1) is 19.2. The average Bonchev–Trinajstić information content (AvgIpc) is 2.64. The maximum absolute atomic E-state index is 13.2. The van der Waals surface area contributed by atoms with Crippen molar-refractivity contribution in [1.29, 1.82) is 0 Å².